The molecule has 7 heteroatoms. The first-order valence-corrected chi connectivity index (χ1v) is 7.81. The molecule has 0 unspecified atom stereocenters. The molecular formula is C14H16N4O2S. The number of hydrogen-bond acceptors (Lipinski definition) is 5. The van der Waals surface area contributed by atoms with E-state index >= 15 is 0 Å². The lowest BCUT2D eigenvalue weighted by Crippen LogP contribution is -2.45. The van der Waals surface area contributed by atoms with Gasteiger partial charge in [0.2, 0.25) is 5.91 Å². The molecule has 21 heavy (non-hydrogen) atoms. The molecule has 2 aromatic heterocycles. The van der Waals surface area contributed by atoms with E-state index in [1.807, 2.05) is 6.26 Å². The fourth-order valence-electron chi connectivity index (χ4n) is 1.85. The summed E-state index contributed by atoms with van der Waals surface area (Å²) >= 11 is 1.59. The highest BCUT2D eigenvalue weighted by Gasteiger charge is 2.19. The molecule has 2 rings (SSSR count). The first-order chi connectivity index (χ1) is 10.1. The average Bonchev–Trinajstić information content (AvgIpc) is 2.50. The number of rotatable bonds is 6. The molecule has 0 fully saturated rings. The van der Waals surface area contributed by atoms with Gasteiger partial charge in [0.1, 0.15) is 11.7 Å². The molecule has 3 N–H and O–H groups in total. The Morgan fingerprint density at radius 2 is 2.19 bits per heavy atom. The van der Waals surface area contributed by atoms with Crippen molar-refractivity contribution in [1.82, 2.24) is 15.3 Å². The van der Waals surface area contributed by atoms with Gasteiger partial charge in [-0.2, -0.15) is 11.8 Å². The highest BCUT2D eigenvalue weighted by Crippen LogP contribution is 2.10. The van der Waals surface area contributed by atoms with E-state index in [0.717, 1.165) is 11.1 Å². The third kappa shape index (κ3) is 3.91. The number of thioether (sulfide) groups is 1. The lowest BCUT2D eigenvalue weighted by molar-refractivity contribution is -0.119. The van der Waals surface area contributed by atoms with Gasteiger partial charge in [-0.05, 0) is 36.6 Å². The zero-order valence-corrected chi connectivity index (χ0v) is 12.4. The summed E-state index contributed by atoms with van der Waals surface area (Å²) in [5, 5.41) is 3.48. The van der Waals surface area contributed by atoms with Gasteiger partial charge in [-0.3, -0.25) is 14.6 Å². The van der Waals surface area contributed by atoms with Crippen LogP contribution in [-0.4, -0.2) is 39.8 Å². The minimum absolute atomic E-state index is 0.254. The predicted octanol–water partition coefficient (Wildman–Crippen LogP) is 0.967. The van der Waals surface area contributed by atoms with E-state index < -0.39 is 17.9 Å². The van der Waals surface area contributed by atoms with Gasteiger partial charge in [-0.1, -0.05) is 0 Å². The zero-order valence-electron chi connectivity index (χ0n) is 11.6. The monoisotopic (exact) mass is 304 g/mol. The molecule has 0 saturated heterocycles. The molecule has 2 heterocycles. The van der Waals surface area contributed by atoms with Crippen molar-refractivity contribution in [2.45, 2.75) is 12.5 Å². The normalized spacial score (nSPS) is 12.0. The number of nitrogens with two attached hydrogens (primary N) is 1. The van der Waals surface area contributed by atoms with Crippen molar-refractivity contribution in [3.8, 4) is 0 Å². The number of aromatic nitrogens is 2. The lowest BCUT2D eigenvalue weighted by atomic mass is 10.2. The first kappa shape index (κ1) is 15.2. The molecule has 2 aromatic rings. The molecular weight excluding hydrogens is 288 g/mol. The largest absolute Gasteiger partial charge is 0.368 e. The Morgan fingerprint density at radius 3 is 2.90 bits per heavy atom. The van der Waals surface area contributed by atoms with E-state index in [9.17, 15) is 9.59 Å². The molecule has 0 aliphatic rings. The summed E-state index contributed by atoms with van der Waals surface area (Å²) in [6.07, 6.45) is 5.72. The number of hydrogen-bond donors (Lipinski definition) is 2. The van der Waals surface area contributed by atoms with Crippen molar-refractivity contribution in [1.29, 1.82) is 0 Å². The van der Waals surface area contributed by atoms with E-state index in [4.69, 9.17) is 5.73 Å². The molecule has 0 aliphatic heterocycles. The van der Waals surface area contributed by atoms with Crippen LogP contribution in [0.15, 0.2) is 30.6 Å². The summed E-state index contributed by atoms with van der Waals surface area (Å²) in [6.45, 7) is 0. The summed E-state index contributed by atoms with van der Waals surface area (Å²) in [5.74, 6) is -0.203. The number of pyridine rings is 2. The number of primary amides is 1. The van der Waals surface area contributed by atoms with Gasteiger partial charge in [0, 0.05) is 17.8 Å². The summed E-state index contributed by atoms with van der Waals surface area (Å²) in [6, 6.07) is 4.42. The molecule has 110 valence electrons. The number of nitrogens with one attached hydrogen (secondary N) is 1. The van der Waals surface area contributed by atoms with E-state index in [0.29, 0.717) is 11.9 Å². The van der Waals surface area contributed by atoms with Gasteiger partial charge in [0.05, 0.1) is 5.52 Å². The van der Waals surface area contributed by atoms with Gasteiger partial charge in [-0.25, -0.2) is 4.98 Å². The Balaban J connectivity index is 2.15. The summed E-state index contributed by atoms with van der Waals surface area (Å²) in [5.41, 5.74) is 6.23. The molecule has 6 nitrogen and oxygen atoms in total. The van der Waals surface area contributed by atoms with Crippen LogP contribution in [0.25, 0.3) is 10.9 Å². The van der Waals surface area contributed by atoms with Crippen molar-refractivity contribution >= 4 is 34.5 Å². The first-order valence-electron chi connectivity index (χ1n) is 6.41. The molecule has 0 bridgehead atoms. The Kier molecular flexibility index (Phi) is 5.10. The van der Waals surface area contributed by atoms with E-state index in [1.54, 1.807) is 42.4 Å². The van der Waals surface area contributed by atoms with Gasteiger partial charge in [0.25, 0.3) is 5.91 Å². The van der Waals surface area contributed by atoms with E-state index in [1.165, 1.54) is 0 Å². The topological polar surface area (TPSA) is 98.0 Å². The van der Waals surface area contributed by atoms with Crippen molar-refractivity contribution in [2.24, 2.45) is 5.73 Å². The molecule has 0 radical (unpaired) electrons. The second-order valence-electron chi connectivity index (χ2n) is 4.47. The minimum Gasteiger partial charge on any atom is -0.368 e. The van der Waals surface area contributed by atoms with Crippen LogP contribution in [0.4, 0.5) is 0 Å². The number of carbonyl (C=O) groups excluding carboxylic acids is 2. The maximum absolute atomic E-state index is 12.2. The Labute approximate surface area is 126 Å². The quantitative estimate of drug-likeness (QED) is 0.828. The third-order valence-corrected chi connectivity index (χ3v) is 3.63. The Morgan fingerprint density at radius 1 is 1.38 bits per heavy atom. The van der Waals surface area contributed by atoms with Crippen LogP contribution in [0.5, 0.6) is 0 Å². The smallest absolute Gasteiger partial charge is 0.270 e. The van der Waals surface area contributed by atoms with Crippen molar-refractivity contribution in [3.63, 3.8) is 0 Å². The number of amides is 2. The SMILES string of the molecule is CSCC[C@H](NC(=O)c1ccc2cnccc2n1)C(N)=O. The Bertz CT molecular complexity index is 662. The summed E-state index contributed by atoms with van der Waals surface area (Å²) < 4.78 is 0. The minimum atomic E-state index is -0.681. The molecule has 0 spiro atoms. The van der Waals surface area contributed by atoms with E-state index in [2.05, 4.69) is 15.3 Å². The Hall–Kier alpha value is -2.15. The number of nitrogens with zero attached hydrogens (tertiary/aromatic N) is 2. The van der Waals surface area contributed by atoms with Crippen LogP contribution in [0.1, 0.15) is 16.9 Å². The van der Waals surface area contributed by atoms with Gasteiger partial charge < -0.3 is 11.1 Å². The third-order valence-electron chi connectivity index (χ3n) is 2.98. The van der Waals surface area contributed by atoms with Crippen molar-refractivity contribution in [2.75, 3.05) is 12.0 Å². The lowest BCUT2D eigenvalue weighted by Gasteiger charge is -2.14. The zero-order chi connectivity index (χ0) is 15.2. The van der Waals surface area contributed by atoms with Crippen LogP contribution in [0.2, 0.25) is 0 Å². The molecule has 2 amide bonds. The fourth-order valence-corrected chi connectivity index (χ4v) is 2.32. The molecule has 0 aromatic carbocycles. The molecule has 0 aliphatic carbocycles. The van der Waals surface area contributed by atoms with Crippen LogP contribution in [-0.2, 0) is 4.79 Å². The van der Waals surface area contributed by atoms with Gasteiger partial charge in [0.15, 0.2) is 0 Å². The van der Waals surface area contributed by atoms with Crippen LogP contribution < -0.4 is 11.1 Å². The molecule has 0 saturated carbocycles. The highest BCUT2D eigenvalue weighted by atomic mass is 32.2. The fraction of sp³-hybridized carbons (Fsp3) is 0.286. The predicted molar refractivity (Wildman–Crippen MR) is 83.0 cm³/mol. The summed E-state index contributed by atoms with van der Waals surface area (Å²) in [7, 11) is 0. The second kappa shape index (κ2) is 7.03. The van der Waals surface area contributed by atoms with E-state index in [-0.39, 0.29) is 5.69 Å². The maximum atomic E-state index is 12.2. The number of carbonyl (C=O) groups is 2. The van der Waals surface area contributed by atoms with Crippen molar-refractivity contribution < 1.29 is 9.59 Å². The number of fused-ring (bicyclic) bond motifs is 1. The summed E-state index contributed by atoms with van der Waals surface area (Å²) in [4.78, 5) is 31.8. The van der Waals surface area contributed by atoms with Crippen molar-refractivity contribution in [3.05, 3.63) is 36.3 Å². The maximum Gasteiger partial charge on any atom is 0.270 e. The van der Waals surface area contributed by atoms with Crippen LogP contribution >= 0.6 is 11.8 Å². The molecule has 1 atom stereocenters. The standard InChI is InChI=1S/C14H16N4O2S/c1-21-7-5-11(13(15)19)18-14(20)12-3-2-9-8-16-6-4-10(9)17-12/h2-4,6,8,11H,5,7H2,1H3,(H2,15,19)(H,18,20)/t11-/m0/s1. The highest BCUT2D eigenvalue weighted by molar-refractivity contribution is 7.98. The van der Waals surface area contributed by atoms with Gasteiger partial charge >= 0.3 is 0 Å². The average molecular weight is 304 g/mol. The van der Waals surface area contributed by atoms with Crippen LogP contribution in [0.3, 0.4) is 0 Å². The van der Waals surface area contributed by atoms with Gasteiger partial charge in [-0.15, -0.1) is 0 Å². The second-order valence-corrected chi connectivity index (χ2v) is 5.46. The van der Waals surface area contributed by atoms with Crippen LogP contribution in [0, 0.1) is 0 Å².